The standard InChI is InChI=1S/C14H17NO5S/c1-20-14(17)11-8-5-9-12(16)13(11)15-21(18,19)10-6-3-2-4-7-10/h5-6,8-9,15-16H,2-4,7H2,1H3. The van der Waals surface area contributed by atoms with E-state index in [-0.39, 0.29) is 21.9 Å². The fourth-order valence-electron chi connectivity index (χ4n) is 2.18. The molecule has 1 aliphatic rings. The minimum atomic E-state index is -3.78. The van der Waals surface area contributed by atoms with E-state index in [0.717, 1.165) is 12.8 Å². The molecule has 0 saturated heterocycles. The zero-order valence-electron chi connectivity index (χ0n) is 11.6. The van der Waals surface area contributed by atoms with Crippen molar-refractivity contribution in [2.75, 3.05) is 11.8 Å². The number of nitrogens with one attached hydrogen (secondary N) is 1. The molecule has 6 nitrogen and oxygen atoms in total. The third-order valence-corrected chi connectivity index (χ3v) is 4.81. The highest BCUT2D eigenvalue weighted by atomic mass is 32.2. The third-order valence-electron chi connectivity index (χ3n) is 3.28. The number of anilines is 1. The molecule has 0 amide bonds. The maximum Gasteiger partial charge on any atom is 0.340 e. The summed E-state index contributed by atoms with van der Waals surface area (Å²) in [4.78, 5) is 12.0. The van der Waals surface area contributed by atoms with Crippen molar-refractivity contribution in [3.63, 3.8) is 0 Å². The summed E-state index contributed by atoms with van der Waals surface area (Å²) >= 11 is 0. The number of allylic oxidation sites excluding steroid dienone is 2. The maximum atomic E-state index is 12.3. The van der Waals surface area contributed by atoms with Gasteiger partial charge in [0.2, 0.25) is 0 Å². The van der Waals surface area contributed by atoms with Crippen LogP contribution in [0.25, 0.3) is 0 Å². The maximum absolute atomic E-state index is 12.3. The van der Waals surface area contributed by atoms with Crippen molar-refractivity contribution in [3.05, 3.63) is 34.7 Å². The molecule has 114 valence electrons. The first-order valence-electron chi connectivity index (χ1n) is 6.58. The normalized spacial score (nSPS) is 15.2. The Kier molecular flexibility index (Phi) is 4.52. The Morgan fingerprint density at radius 2 is 2.10 bits per heavy atom. The Bertz CT molecular complexity index is 679. The van der Waals surface area contributed by atoms with E-state index in [2.05, 4.69) is 9.46 Å². The lowest BCUT2D eigenvalue weighted by molar-refractivity contribution is 0.0601. The van der Waals surface area contributed by atoms with E-state index >= 15 is 0 Å². The first kappa shape index (κ1) is 15.4. The number of methoxy groups -OCH3 is 1. The van der Waals surface area contributed by atoms with Crippen LogP contribution in [0.4, 0.5) is 5.69 Å². The molecule has 0 bridgehead atoms. The van der Waals surface area contributed by atoms with Gasteiger partial charge >= 0.3 is 5.97 Å². The molecule has 0 fully saturated rings. The highest BCUT2D eigenvalue weighted by Crippen LogP contribution is 2.31. The smallest absolute Gasteiger partial charge is 0.340 e. The van der Waals surface area contributed by atoms with Gasteiger partial charge in [-0.05, 0) is 37.8 Å². The lowest BCUT2D eigenvalue weighted by Crippen LogP contribution is -2.18. The summed E-state index contributed by atoms with van der Waals surface area (Å²) in [5.74, 6) is -1.04. The van der Waals surface area contributed by atoms with E-state index < -0.39 is 16.0 Å². The Hall–Kier alpha value is -2.02. The second-order valence-corrected chi connectivity index (χ2v) is 6.45. The van der Waals surface area contributed by atoms with E-state index in [0.29, 0.717) is 12.8 Å². The molecule has 21 heavy (non-hydrogen) atoms. The largest absolute Gasteiger partial charge is 0.506 e. The van der Waals surface area contributed by atoms with Crippen LogP contribution in [-0.4, -0.2) is 26.6 Å². The molecule has 1 aromatic rings. The molecular formula is C14H17NO5S. The van der Waals surface area contributed by atoms with Gasteiger partial charge < -0.3 is 9.84 Å². The third kappa shape index (κ3) is 3.36. The predicted molar refractivity (Wildman–Crippen MR) is 78.5 cm³/mol. The molecule has 2 rings (SSSR count). The lowest BCUT2D eigenvalue weighted by Gasteiger charge is -2.17. The summed E-state index contributed by atoms with van der Waals surface area (Å²) in [5, 5.41) is 9.84. The molecule has 1 aromatic carbocycles. The lowest BCUT2D eigenvalue weighted by atomic mass is 10.1. The molecule has 1 aliphatic carbocycles. The second kappa shape index (κ2) is 6.17. The number of carbonyl (C=O) groups excluding carboxylic acids is 1. The first-order chi connectivity index (χ1) is 9.95. The number of aromatic hydroxyl groups is 1. The van der Waals surface area contributed by atoms with Gasteiger partial charge in [0.15, 0.2) is 0 Å². The van der Waals surface area contributed by atoms with Crippen LogP contribution >= 0.6 is 0 Å². The Balaban J connectivity index is 2.39. The summed E-state index contributed by atoms with van der Waals surface area (Å²) < 4.78 is 31.5. The number of benzene rings is 1. The number of esters is 1. The predicted octanol–water partition coefficient (Wildman–Crippen LogP) is 2.38. The van der Waals surface area contributed by atoms with Crippen LogP contribution in [-0.2, 0) is 14.8 Å². The average Bonchev–Trinajstić information content (AvgIpc) is 2.49. The van der Waals surface area contributed by atoms with Crippen molar-refractivity contribution in [1.29, 1.82) is 0 Å². The topological polar surface area (TPSA) is 92.7 Å². The molecule has 0 spiro atoms. The number of para-hydroxylation sites is 1. The van der Waals surface area contributed by atoms with Gasteiger partial charge in [0, 0.05) is 0 Å². The first-order valence-corrected chi connectivity index (χ1v) is 8.06. The summed E-state index contributed by atoms with van der Waals surface area (Å²) in [6.07, 6.45) is 4.60. The quantitative estimate of drug-likeness (QED) is 0.658. The zero-order valence-corrected chi connectivity index (χ0v) is 12.4. The Labute approximate surface area is 123 Å². The SMILES string of the molecule is COC(=O)c1cccc(O)c1NS(=O)(=O)C1=CCCCC1. The minimum Gasteiger partial charge on any atom is -0.506 e. The Morgan fingerprint density at radius 1 is 1.33 bits per heavy atom. The fraction of sp³-hybridized carbons (Fsp3) is 0.357. The molecule has 0 heterocycles. The fourth-order valence-corrected chi connectivity index (χ4v) is 3.54. The summed E-state index contributed by atoms with van der Waals surface area (Å²) in [6.45, 7) is 0. The van der Waals surface area contributed by atoms with Gasteiger partial charge in [-0.2, -0.15) is 0 Å². The van der Waals surface area contributed by atoms with Crippen molar-refractivity contribution in [3.8, 4) is 5.75 Å². The van der Waals surface area contributed by atoms with Crippen molar-refractivity contribution >= 4 is 21.7 Å². The number of ether oxygens (including phenoxy) is 1. The molecule has 0 radical (unpaired) electrons. The molecule has 7 heteroatoms. The van der Waals surface area contributed by atoms with Gasteiger partial charge in [0.05, 0.1) is 17.6 Å². The van der Waals surface area contributed by atoms with Gasteiger partial charge in [-0.3, -0.25) is 4.72 Å². The number of phenols is 1. The van der Waals surface area contributed by atoms with E-state index in [1.165, 1.54) is 25.3 Å². The number of sulfonamides is 1. The molecule has 0 aromatic heterocycles. The van der Waals surface area contributed by atoms with Gasteiger partial charge in [0.25, 0.3) is 10.0 Å². The monoisotopic (exact) mass is 311 g/mol. The van der Waals surface area contributed by atoms with Crippen LogP contribution in [0.1, 0.15) is 36.0 Å². The van der Waals surface area contributed by atoms with Gasteiger partial charge in [0.1, 0.15) is 11.4 Å². The molecule has 0 atom stereocenters. The van der Waals surface area contributed by atoms with Crippen LogP contribution in [0.3, 0.4) is 0 Å². The van der Waals surface area contributed by atoms with Crippen molar-refractivity contribution in [1.82, 2.24) is 0 Å². The highest BCUT2D eigenvalue weighted by Gasteiger charge is 2.24. The molecule has 0 aliphatic heterocycles. The summed E-state index contributed by atoms with van der Waals surface area (Å²) in [7, 11) is -2.59. The van der Waals surface area contributed by atoms with Crippen LogP contribution in [0.15, 0.2) is 29.2 Å². The number of rotatable bonds is 4. The number of carbonyl (C=O) groups is 1. The Morgan fingerprint density at radius 3 is 2.71 bits per heavy atom. The van der Waals surface area contributed by atoms with E-state index in [1.807, 2.05) is 0 Å². The van der Waals surface area contributed by atoms with E-state index in [4.69, 9.17) is 0 Å². The minimum absolute atomic E-state index is 0.0301. The number of hydrogen-bond donors (Lipinski definition) is 2. The van der Waals surface area contributed by atoms with Crippen LogP contribution in [0.2, 0.25) is 0 Å². The summed E-state index contributed by atoms with van der Waals surface area (Å²) in [6, 6.07) is 4.14. The van der Waals surface area contributed by atoms with Crippen molar-refractivity contribution < 1.29 is 23.1 Å². The molecule has 0 saturated carbocycles. The number of phenolic OH excluding ortho intramolecular Hbond substituents is 1. The summed E-state index contributed by atoms with van der Waals surface area (Å²) in [5.41, 5.74) is -0.187. The van der Waals surface area contributed by atoms with Crippen LogP contribution in [0, 0.1) is 0 Å². The van der Waals surface area contributed by atoms with Gasteiger partial charge in [-0.25, -0.2) is 13.2 Å². The number of hydrogen-bond acceptors (Lipinski definition) is 5. The van der Waals surface area contributed by atoms with E-state index in [9.17, 15) is 18.3 Å². The van der Waals surface area contributed by atoms with Crippen molar-refractivity contribution in [2.24, 2.45) is 0 Å². The second-order valence-electron chi connectivity index (χ2n) is 4.71. The van der Waals surface area contributed by atoms with Crippen LogP contribution in [0.5, 0.6) is 5.75 Å². The highest BCUT2D eigenvalue weighted by molar-refractivity contribution is 7.96. The molecule has 0 unspecified atom stereocenters. The molecular weight excluding hydrogens is 294 g/mol. The zero-order chi connectivity index (χ0) is 15.5. The van der Waals surface area contributed by atoms with Crippen molar-refractivity contribution in [2.45, 2.75) is 25.7 Å². The van der Waals surface area contributed by atoms with Gasteiger partial charge in [-0.1, -0.05) is 12.1 Å². The van der Waals surface area contributed by atoms with E-state index in [1.54, 1.807) is 6.08 Å². The van der Waals surface area contributed by atoms with Gasteiger partial charge in [-0.15, -0.1) is 0 Å². The average molecular weight is 311 g/mol. The van der Waals surface area contributed by atoms with Crippen LogP contribution < -0.4 is 4.72 Å². The molecule has 2 N–H and O–H groups in total.